The molecule has 0 aliphatic rings. The summed E-state index contributed by atoms with van der Waals surface area (Å²) in [6.07, 6.45) is 8.32. The Morgan fingerprint density at radius 3 is 0.935 bits per heavy atom. The topological polar surface area (TPSA) is 130 Å². The summed E-state index contributed by atoms with van der Waals surface area (Å²) in [4.78, 5) is 0. The van der Waals surface area contributed by atoms with Gasteiger partial charge in [-0.3, -0.25) is 0 Å². The van der Waals surface area contributed by atoms with Gasteiger partial charge in [0.05, 0.1) is 0 Å². The molecule has 186 valence electrons. The predicted octanol–water partition coefficient (Wildman–Crippen LogP) is 3.75. The van der Waals surface area contributed by atoms with Crippen molar-refractivity contribution in [3.05, 3.63) is 0 Å². The third-order valence-electron chi connectivity index (χ3n) is 4.42. The van der Waals surface area contributed by atoms with E-state index in [1.54, 1.807) is 0 Å². The first kappa shape index (κ1) is 31.4. The molecule has 9 nitrogen and oxygen atoms in total. The number of rotatable bonds is 21. The Labute approximate surface area is 196 Å². The average Bonchev–Trinajstić information content (AvgIpc) is 2.65. The monoisotopic (exact) mass is 564 g/mol. The predicted molar refractivity (Wildman–Crippen MR) is 123 cm³/mol. The van der Waals surface area contributed by atoms with Crippen molar-refractivity contribution < 1.29 is 34.2 Å². The van der Waals surface area contributed by atoms with Crippen LogP contribution in [0.2, 0.25) is 0 Å². The zero-order valence-corrected chi connectivity index (χ0v) is 24.0. The van der Waals surface area contributed by atoms with E-state index in [9.17, 15) is 25.3 Å². The molecule has 0 amide bonds. The molecule has 0 spiro atoms. The summed E-state index contributed by atoms with van der Waals surface area (Å²) < 4.78 is 88.2. The second-order valence-electron chi connectivity index (χ2n) is 7.54. The van der Waals surface area contributed by atoms with Crippen molar-refractivity contribution in [2.24, 2.45) is 0 Å². The molecule has 0 aliphatic carbocycles. The van der Waals surface area contributed by atoms with Crippen LogP contribution in [0.15, 0.2) is 0 Å². The van der Waals surface area contributed by atoms with Crippen LogP contribution in [0, 0.1) is 0 Å². The molecule has 0 rings (SSSR count). The van der Waals surface area contributed by atoms with E-state index in [1.807, 2.05) is 20.8 Å². The third kappa shape index (κ3) is 18.5. The van der Waals surface area contributed by atoms with E-state index in [0.717, 1.165) is 38.5 Å². The maximum absolute atomic E-state index is 12.2. The van der Waals surface area contributed by atoms with Crippen LogP contribution in [0.5, 0.6) is 0 Å². The van der Waals surface area contributed by atoms with Crippen molar-refractivity contribution in [1.29, 1.82) is 0 Å². The van der Waals surface area contributed by atoms with Crippen LogP contribution in [-0.4, -0.2) is 59.8 Å². The molecule has 0 atom stereocenters. The Morgan fingerprint density at radius 1 is 0.452 bits per heavy atom. The fourth-order valence-electron chi connectivity index (χ4n) is 2.67. The molecular formula is C18H39GaO9S3. The van der Waals surface area contributed by atoms with Crippen molar-refractivity contribution in [1.82, 2.24) is 0 Å². The first-order chi connectivity index (χ1) is 14.5. The van der Waals surface area contributed by atoms with E-state index >= 15 is 0 Å². The normalized spacial score (nSPS) is 12.9. The summed E-state index contributed by atoms with van der Waals surface area (Å²) in [5.74, 6) is -1.02. The summed E-state index contributed by atoms with van der Waals surface area (Å²) >= 11 is -4.63. The molecule has 31 heavy (non-hydrogen) atoms. The summed E-state index contributed by atoms with van der Waals surface area (Å²) in [6.45, 7) is 5.94. The standard InChI is InChI=1S/3C6H14O3S.Ga/c3*1-2-3-4-5-6-10(7,8)9;/h3*2-6H2,1H3,(H,7,8,9);/q;;;+3/p-3. The van der Waals surface area contributed by atoms with Crippen LogP contribution >= 0.6 is 0 Å². The Hall–Kier alpha value is 0.366. The molecular weight excluding hydrogens is 526 g/mol. The van der Waals surface area contributed by atoms with Crippen LogP contribution in [0.3, 0.4) is 0 Å². The van der Waals surface area contributed by atoms with Crippen LogP contribution < -0.4 is 0 Å². The first-order valence-corrected chi connectivity index (χ1v) is 18.9. The fourth-order valence-corrected chi connectivity index (χ4v) is 13.9. The van der Waals surface area contributed by atoms with Crippen molar-refractivity contribution in [3.63, 3.8) is 0 Å². The van der Waals surface area contributed by atoms with Crippen LogP contribution in [0.1, 0.15) is 97.8 Å². The van der Waals surface area contributed by atoms with Crippen molar-refractivity contribution >= 4 is 47.7 Å². The Kier molecular flexibility index (Phi) is 17.1. The SMILES string of the molecule is CCCCCCS(=O)(=O)[O][Ga]([O]S(=O)(=O)CCCCCC)[O]S(=O)(=O)CCCCCC. The Balaban J connectivity index is 5.15. The van der Waals surface area contributed by atoms with Gasteiger partial charge in [0, 0.05) is 0 Å². The zero-order chi connectivity index (χ0) is 23.8. The van der Waals surface area contributed by atoms with Gasteiger partial charge >= 0.3 is 197 Å². The van der Waals surface area contributed by atoms with Crippen molar-refractivity contribution in [2.45, 2.75) is 97.8 Å². The van der Waals surface area contributed by atoms with Gasteiger partial charge in [-0.15, -0.1) is 0 Å². The summed E-state index contributed by atoms with van der Waals surface area (Å²) in [5.41, 5.74) is 0. The summed E-state index contributed by atoms with van der Waals surface area (Å²) in [6, 6.07) is 0. The molecule has 0 aromatic heterocycles. The van der Waals surface area contributed by atoms with Gasteiger partial charge < -0.3 is 0 Å². The van der Waals surface area contributed by atoms with Crippen molar-refractivity contribution in [2.75, 3.05) is 17.3 Å². The van der Waals surface area contributed by atoms with E-state index in [-0.39, 0.29) is 17.3 Å². The van der Waals surface area contributed by atoms with Gasteiger partial charge in [-0.2, -0.15) is 0 Å². The van der Waals surface area contributed by atoms with Gasteiger partial charge in [-0.1, -0.05) is 0 Å². The Bertz CT molecular complexity index is 660. The molecule has 0 bridgehead atoms. The Morgan fingerprint density at radius 2 is 0.710 bits per heavy atom. The molecule has 0 saturated heterocycles. The molecule has 0 unspecified atom stereocenters. The fraction of sp³-hybridized carbons (Fsp3) is 1.00. The van der Waals surface area contributed by atoms with Gasteiger partial charge in [0.1, 0.15) is 0 Å². The van der Waals surface area contributed by atoms with E-state index in [2.05, 4.69) is 0 Å². The van der Waals surface area contributed by atoms with E-state index in [0.29, 0.717) is 38.5 Å². The molecule has 0 fully saturated rings. The number of hydrogen-bond donors (Lipinski definition) is 0. The van der Waals surface area contributed by atoms with Gasteiger partial charge in [-0.25, -0.2) is 0 Å². The molecule has 0 aliphatic heterocycles. The second-order valence-corrected chi connectivity index (χ2v) is 17.5. The van der Waals surface area contributed by atoms with Crippen LogP contribution in [-0.2, 0) is 39.3 Å². The number of hydrogen-bond acceptors (Lipinski definition) is 9. The van der Waals surface area contributed by atoms with Crippen LogP contribution in [0.25, 0.3) is 0 Å². The number of unbranched alkanes of at least 4 members (excludes halogenated alkanes) is 9. The molecule has 0 radical (unpaired) electrons. The minimum absolute atomic E-state index is 0.332. The minimum atomic E-state index is -4.63. The average molecular weight is 565 g/mol. The summed E-state index contributed by atoms with van der Waals surface area (Å²) in [7, 11) is -12.5. The van der Waals surface area contributed by atoms with Gasteiger partial charge in [0.2, 0.25) is 0 Å². The van der Waals surface area contributed by atoms with Gasteiger partial charge in [0.25, 0.3) is 0 Å². The molecule has 0 heterocycles. The van der Waals surface area contributed by atoms with E-state index in [4.69, 9.17) is 8.93 Å². The van der Waals surface area contributed by atoms with Gasteiger partial charge in [0.15, 0.2) is 0 Å². The molecule has 0 aromatic rings. The quantitative estimate of drug-likeness (QED) is 0.151. The molecule has 13 heteroatoms. The maximum atomic E-state index is 12.2. The molecule has 0 aromatic carbocycles. The zero-order valence-electron chi connectivity index (χ0n) is 19.1. The van der Waals surface area contributed by atoms with E-state index < -0.39 is 47.7 Å². The van der Waals surface area contributed by atoms with Gasteiger partial charge in [-0.05, 0) is 0 Å². The van der Waals surface area contributed by atoms with Crippen molar-refractivity contribution in [3.8, 4) is 0 Å². The first-order valence-electron chi connectivity index (χ1n) is 11.2. The second kappa shape index (κ2) is 16.9. The third-order valence-corrected chi connectivity index (χ3v) is 16.6. The molecule has 0 N–H and O–H groups in total. The molecule has 0 saturated carbocycles. The summed E-state index contributed by atoms with van der Waals surface area (Å²) in [5, 5.41) is 0. The van der Waals surface area contributed by atoms with Crippen LogP contribution in [0.4, 0.5) is 0 Å². The van der Waals surface area contributed by atoms with E-state index in [1.165, 1.54) is 0 Å².